The van der Waals surface area contributed by atoms with Crippen LogP contribution in [0.15, 0.2) is 36.5 Å². The summed E-state index contributed by atoms with van der Waals surface area (Å²) in [6.07, 6.45) is 2.31. The number of benzene rings is 1. The van der Waals surface area contributed by atoms with E-state index in [2.05, 4.69) is 11.9 Å². The van der Waals surface area contributed by atoms with Crippen LogP contribution in [0.3, 0.4) is 0 Å². The number of amides is 1. The molecule has 1 aromatic carbocycles. The highest BCUT2D eigenvalue weighted by Gasteiger charge is 2.09. The molecule has 0 saturated heterocycles. The van der Waals surface area contributed by atoms with Crippen LogP contribution in [0.5, 0.6) is 17.4 Å². The number of pyridine rings is 1. The second-order valence-corrected chi connectivity index (χ2v) is 4.42. The molecule has 1 heterocycles. The summed E-state index contributed by atoms with van der Waals surface area (Å²) in [5.74, 6) is 1.13. The van der Waals surface area contributed by atoms with Gasteiger partial charge in [0.05, 0.1) is 12.2 Å². The summed E-state index contributed by atoms with van der Waals surface area (Å²) in [4.78, 5) is 15.1. The van der Waals surface area contributed by atoms with Crippen molar-refractivity contribution in [1.82, 2.24) is 4.98 Å². The van der Waals surface area contributed by atoms with Gasteiger partial charge >= 0.3 is 0 Å². The molecular formula is C16H18N2O3. The van der Waals surface area contributed by atoms with Crippen LogP contribution in [0.1, 0.15) is 29.8 Å². The Kier molecular flexibility index (Phi) is 4.77. The first-order valence-corrected chi connectivity index (χ1v) is 6.83. The number of carbonyl (C=O) groups excluding carboxylic acids is 1. The van der Waals surface area contributed by atoms with E-state index in [9.17, 15) is 4.79 Å². The van der Waals surface area contributed by atoms with E-state index in [0.29, 0.717) is 29.5 Å². The number of nitrogens with zero attached hydrogens (tertiary/aromatic N) is 1. The van der Waals surface area contributed by atoms with Crippen LogP contribution in [0.2, 0.25) is 0 Å². The first kappa shape index (κ1) is 14.8. The monoisotopic (exact) mass is 286 g/mol. The van der Waals surface area contributed by atoms with E-state index in [4.69, 9.17) is 15.2 Å². The van der Waals surface area contributed by atoms with Crippen molar-refractivity contribution in [2.75, 3.05) is 6.61 Å². The SMILES string of the molecule is CCOc1cc(CC)ccc1Oc1ccc(C(N)=O)cn1. The Bertz CT molecular complexity index is 624. The number of primary amides is 1. The van der Waals surface area contributed by atoms with E-state index in [1.165, 1.54) is 11.8 Å². The number of ether oxygens (including phenoxy) is 2. The summed E-state index contributed by atoms with van der Waals surface area (Å²) in [5.41, 5.74) is 6.68. The maximum atomic E-state index is 11.0. The molecule has 2 aromatic rings. The van der Waals surface area contributed by atoms with Crippen molar-refractivity contribution in [1.29, 1.82) is 0 Å². The average Bonchev–Trinajstić information content (AvgIpc) is 2.49. The zero-order chi connectivity index (χ0) is 15.2. The minimum Gasteiger partial charge on any atom is -0.490 e. The van der Waals surface area contributed by atoms with Gasteiger partial charge in [-0.1, -0.05) is 13.0 Å². The van der Waals surface area contributed by atoms with Gasteiger partial charge in [0.15, 0.2) is 11.5 Å². The Balaban J connectivity index is 2.23. The number of hydrogen-bond acceptors (Lipinski definition) is 4. The van der Waals surface area contributed by atoms with E-state index in [0.717, 1.165) is 6.42 Å². The van der Waals surface area contributed by atoms with E-state index in [1.807, 2.05) is 25.1 Å². The summed E-state index contributed by atoms with van der Waals surface area (Å²) < 4.78 is 11.3. The van der Waals surface area contributed by atoms with Crippen molar-refractivity contribution >= 4 is 5.91 Å². The highest BCUT2D eigenvalue weighted by molar-refractivity contribution is 5.92. The molecule has 5 heteroatoms. The fourth-order valence-electron chi connectivity index (χ4n) is 1.82. The van der Waals surface area contributed by atoms with E-state index in [-0.39, 0.29) is 0 Å². The first-order valence-electron chi connectivity index (χ1n) is 6.83. The minimum absolute atomic E-state index is 0.341. The van der Waals surface area contributed by atoms with Crippen LogP contribution in [-0.4, -0.2) is 17.5 Å². The number of hydrogen-bond donors (Lipinski definition) is 1. The van der Waals surface area contributed by atoms with Gasteiger partial charge < -0.3 is 15.2 Å². The smallest absolute Gasteiger partial charge is 0.250 e. The van der Waals surface area contributed by atoms with Crippen LogP contribution in [0.25, 0.3) is 0 Å². The number of rotatable bonds is 6. The maximum absolute atomic E-state index is 11.0. The first-order chi connectivity index (χ1) is 10.1. The largest absolute Gasteiger partial charge is 0.490 e. The predicted octanol–water partition coefficient (Wildman–Crippen LogP) is 2.93. The molecule has 0 bridgehead atoms. The maximum Gasteiger partial charge on any atom is 0.250 e. The van der Waals surface area contributed by atoms with Crippen LogP contribution in [0.4, 0.5) is 0 Å². The molecule has 110 valence electrons. The van der Waals surface area contributed by atoms with Gasteiger partial charge in [-0.3, -0.25) is 4.79 Å². The van der Waals surface area contributed by atoms with Crippen molar-refractivity contribution in [3.63, 3.8) is 0 Å². The van der Waals surface area contributed by atoms with Gasteiger partial charge in [0, 0.05) is 12.3 Å². The summed E-state index contributed by atoms with van der Waals surface area (Å²) in [6.45, 7) is 4.55. The van der Waals surface area contributed by atoms with Crippen molar-refractivity contribution < 1.29 is 14.3 Å². The van der Waals surface area contributed by atoms with Crippen LogP contribution >= 0.6 is 0 Å². The second kappa shape index (κ2) is 6.74. The Morgan fingerprint density at radius 3 is 2.57 bits per heavy atom. The third-order valence-corrected chi connectivity index (χ3v) is 2.95. The molecule has 0 aliphatic carbocycles. The number of aromatic nitrogens is 1. The molecule has 2 N–H and O–H groups in total. The van der Waals surface area contributed by atoms with Crippen molar-refractivity contribution in [2.45, 2.75) is 20.3 Å². The zero-order valence-electron chi connectivity index (χ0n) is 12.1. The third kappa shape index (κ3) is 3.72. The summed E-state index contributed by atoms with van der Waals surface area (Å²) in [5, 5.41) is 0. The molecule has 0 fully saturated rings. The molecule has 1 amide bonds. The normalized spacial score (nSPS) is 10.2. The van der Waals surface area contributed by atoms with Gasteiger partial charge in [0.1, 0.15) is 0 Å². The van der Waals surface area contributed by atoms with Gasteiger partial charge in [0.25, 0.3) is 0 Å². The second-order valence-electron chi connectivity index (χ2n) is 4.42. The summed E-state index contributed by atoms with van der Waals surface area (Å²) >= 11 is 0. The van der Waals surface area contributed by atoms with Crippen LogP contribution in [-0.2, 0) is 6.42 Å². The van der Waals surface area contributed by atoms with Crippen molar-refractivity contribution in [3.8, 4) is 17.4 Å². The lowest BCUT2D eigenvalue weighted by atomic mass is 10.1. The lowest BCUT2D eigenvalue weighted by molar-refractivity contribution is 0.1000. The molecule has 5 nitrogen and oxygen atoms in total. The van der Waals surface area contributed by atoms with Crippen LogP contribution < -0.4 is 15.2 Å². The Morgan fingerprint density at radius 1 is 1.19 bits per heavy atom. The molecule has 1 aromatic heterocycles. The fourth-order valence-corrected chi connectivity index (χ4v) is 1.82. The molecule has 0 radical (unpaired) electrons. The fraction of sp³-hybridized carbons (Fsp3) is 0.250. The molecule has 0 atom stereocenters. The third-order valence-electron chi connectivity index (χ3n) is 2.95. The quantitative estimate of drug-likeness (QED) is 0.886. The molecule has 0 aliphatic heterocycles. The van der Waals surface area contributed by atoms with Gasteiger partial charge in [-0.25, -0.2) is 4.98 Å². The number of carbonyl (C=O) groups is 1. The van der Waals surface area contributed by atoms with Gasteiger partial charge in [-0.05, 0) is 37.1 Å². The Hall–Kier alpha value is -2.56. The molecule has 0 saturated carbocycles. The Morgan fingerprint density at radius 2 is 2.00 bits per heavy atom. The average molecular weight is 286 g/mol. The summed E-state index contributed by atoms with van der Waals surface area (Å²) in [7, 11) is 0. The number of aryl methyl sites for hydroxylation is 1. The molecule has 0 aliphatic rings. The molecule has 0 spiro atoms. The predicted molar refractivity (Wildman–Crippen MR) is 79.8 cm³/mol. The highest BCUT2D eigenvalue weighted by Crippen LogP contribution is 2.32. The lowest BCUT2D eigenvalue weighted by Crippen LogP contribution is -2.10. The van der Waals surface area contributed by atoms with Crippen molar-refractivity contribution in [3.05, 3.63) is 47.7 Å². The van der Waals surface area contributed by atoms with Gasteiger partial charge in [-0.15, -0.1) is 0 Å². The topological polar surface area (TPSA) is 74.4 Å². The van der Waals surface area contributed by atoms with E-state index >= 15 is 0 Å². The van der Waals surface area contributed by atoms with Gasteiger partial charge in [0.2, 0.25) is 11.8 Å². The summed E-state index contributed by atoms with van der Waals surface area (Å²) in [6, 6.07) is 8.97. The minimum atomic E-state index is -0.517. The van der Waals surface area contributed by atoms with E-state index < -0.39 is 5.91 Å². The molecule has 2 rings (SSSR count). The molecular weight excluding hydrogens is 268 g/mol. The molecule has 21 heavy (non-hydrogen) atoms. The van der Waals surface area contributed by atoms with Gasteiger partial charge in [-0.2, -0.15) is 0 Å². The Labute approximate surface area is 123 Å². The highest BCUT2D eigenvalue weighted by atomic mass is 16.5. The van der Waals surface area contributed by atoms with Crippen LogP contribution in [0, 0.1) is 0 Å². The standard InChI is InChI=1S/C16H18N2O3/c1-3-11-5-7-13(14(9-11)20-4-2)21-15-8-6-12(10-18-15)16(17)19/h5-10H,3-4H2,1-2H3,(H2,17,19). The van der Waals surface area contributed by atoms with Crippen molar-refractivity contribution in [2.24, 2.45) is 5.73 Å². The number of nitrogens with two attached hydrogens (primary N) is 1. The lowest BCUT2D eigenvalue weighted by Gasteiger charge is -2.12. The molecule has 0 unspecified atom stereocenters. The zero-order valence-corrected chi connectivity index (χ0v) is 12.1. The van der Waals surface area contributed by atoms with E-state index in [1.54, 1.807) is 12.1 Å².